The predicted octanol–water partition coefficient (Wildman–Crippen LogP) is 1.61. The molecule has 0 amide bonds. The van der Waals surface area contributed by atoms with Gasteiger partial charge in [-0.2, -0.15) is 0 Å². The van der Waals surface area contributed by atoms with Gasteiger partial charge >= 0.3 is 5.97 Å². The van der Waals surface area contributed by atoms with Crippen LogP contribution in [0.3, 0.4) is 0 Å². The van der Waals surface area contributed by atoms with E-state index < -0.39 is 11.5 Å². The second kappa shape index (κ2) is 3.66. The van der Waals surface area contributed by atoms with Gasteiger partial charge in [-0.15, -0.1) is 0 Å². The largest absolute Gasteiger partial charge is 0.480 e. The van der Waals surface area contributed by atoms with E-state index in [2.05, 4.69) is 13.8 Å². The minimum Gasteiger partial charge on any atom is -0.480 e. The van der Waals surface area contributed by atoms with E-state index in [1.165, 1.54) is 0 Å². The average Bonchev–Trinajstić information content (AvgIpc) is 2.33. The van der Waals surface area contributed by atoms with E-state index in [1.54, 1.807) is 0 Å². The molecular formula is C10H19NO2. The fourth-order valence-corrected chi connectivity index (χ4v) is 2.28. The Bertz CT molecular complexity index is 203. The molecule has 0 aromatic heterocycles. The lowest BCUT2D eigenvalue weighted by Crippen LogP contribution is -2.51. The van der Waals surface area contributed by atoms with Gasteiger partial charge in [0.2, 0.25) is 0 Å². The molecule has 0 aromatic carbocycles. The van der Waals surface area contributed by atoms with E-state index in [4.69, 9.17) is 10.8 Å². The maximum absolute atomic E-state index is 11.0. The van der Waals surface area contributed by atoms with Crippen molar-refractivity contribution >= 4 is 5.97 Å². The van der Waals surface area contributed by atoms with E-state index in [9.17, 15) is 4.79 Å². The van der Waals surface area contributed by atoms with Crippen molar-refractivity contribution in [3.8, 4) is 0 Å². The van der Waals surface area contributed by atoms with Crippen molar-refractivity contribution in [1.29, 1.82) is 0 Å². The van der Waals surface area contributed by atoms with Crippen molar-refractivity contribution < 1.29 is 9.90 Å². The van der Waals surface area contributed by atoms with Crippen molar-refractivity contribution in [2.45, 2.75) is 45.1 Å². The number of hydrogen-bond acceptors (Lipinski definition) is 2. The summed E-state index contributed by atoms with van der Waals surface area (Å²) in [6, 6.07) is 0. The molecule has 2 atom stereocenters. The van der Waals surface area contributed by atoms with Gasteiger partial charge in [0.15, 0.2) is 0 Å². The Kier molecular flexibility index (Phi) is 2.96. The summed E-state index contributed by atoms with van der Waals surface area (Å²) in [5, 5.41) is 9.03. The fourth-order valence-electron chi connectivity index (χ4n) is 2.28. The third-order valence-corrected chi connectivity index (χ3v) is 3.03. The molecule has 0 saturated heterocycles. The molecule has 2 unspecified atom stereocenters. The van der Waals surface area contributed by atoms with Crippen LogP contribution in [0.25, 0.3) is 0 Å². The summed E-state index contributed by atoms with van der Waals surface area (Å²) < 4.78 is 0. The Hall–Kier alpha value is -0.570. The molecule has 1 fully saturated rings. The zero-order valence-corrected chi connectivity index (χ0v) is 8.42. The number of hydrogen-bond donors (Lipinski definition) is 2. The highest BCUT2D eigenvalue weighted by atomic mass is 16.4. The van der Waals surface area contributed by atoms with Gasteiger partial charge in [-0.3, -0.25) is 4.79 Å². The van der Waals surface area contributed by atoms with Crippen molar-refractivity contribution in [3.05, 3.63) is 0 Å². The van der Waals surface area contributed by atoms with Crippen molar-refractivity contribution in [2.75, 3.05) is 0 Å². The van der Waals surface area contributed by atoms with Gasteiger partial charge in [0.25, 0.3) is 0 Å². The third-order valence-electron chi connectivity index (χ3n) is 3.03. The van der Waals surface area contributed by atoms with E-state index in [1.807, 2.05) is 0 Å². The minimum atomic E-state index is -0.940. The monoisotopic (exact) mass is 185 g/mol. The minimum absolute atomic E-state index is 0.171. The first kappa shape index (κ1) is 10.5. The number of nitrogens with two attached hydrogens (primary N) is 1. The van der Waals surface area contributed by atoms with E-state index in [0.29, 0.717) is 12.3 Å². The van der Waals surface area contributed by atoms with Gasteiger partial charge < -0.3 is 10.8 Å². The summed E-state index contributed by atoms with van der Waals surface area (Å²) in [6.07, 6.45) is 3.50. The van der Waals surface area contributed by atoms with Gasteiger partial charge in [0.1, 0.15) is 5.54 Å². The first-order valence-corrected chi connectivity index (χ1v) is 4.99. The summed E-state index contributed by atoms with van der Waals surface area (Å²) in [4.78, 5) is 11.0. The Labute approximate surface area is 79.3 Å². The van der Waals surface area contributed by atoms with Gasteiger partial charge in [-0.25, -0.2) is 0 Å². The second-order valence-electron chi connectivity index (χ2n) is 4.56. The lowest BCUT2D eigenvalue weighted by molar-refractivity contribution is -0.145. The zero-order chi connectivity index (χ0) is 10.1. The highest BCUT2D eigenvalue weighted by Crippen LogP contribution is 2.37. The van der Waals surface area contributed by atoms with Crippen molar-refractivity contribution in [1.82, 2.24) is 0 Å². The summed E-state index contributed by atoms with van der Waals surface area (Å²) in [6.45, 7) is 4.22. The van der Waals surface area contributed by atoms with Crippen molar-refractivity contribution in [3.63, 3.8) is 0 Å². The lowest BCUT2D eigenvalue weighted by atomic mass is 9.82. The van der Waals surface area contributed by atoms with Gasteiger partial charge in [-0.1, -0.05) is 20.3 Å². The molecule has 0 bridgehead atoms. The molecule has 0 aliphatic heterocycles. The highest BCUT2D eigenvalue weighted by Gasteiger charge is 2.45. The normalized spacial score (nSPS) is 34.0. The molecule has 76 valence electrons. The Morgan fingerprint density at radius 3 is 2.77 bits per heavy atom. The van der Waals surface area contributed by atoms with Crippen LogP contribution in [0.4, 0.5) is 0 Å². The number of aliphatic carboxylic acids is 1. The molecule has 0 radical (unpaired) electrons. The Balaban J connectivity index is 2.68. The molecule has 1 saturated carbocycles. The lowest BCUT2D eigenvalue weighted by Gasteiger charge is -2.27. The van der Waals surface area contributed by atoms with Crippen LogP contribution in [0.5, 0.6) is 0 Å². The maximum atomic E-state index is 11.0. The van der Waals surface area contributed by atoms with Crippen molar-refractivity contribution in [2.24, 2.45) is 17.6 Å². The Morgan fingerprint density at radius 2 is 2.31 bits per heavy atom. The maximum Gasteiger partial charge on any atom is 0.323 e. The SMILES string of the molecule is CC(C)CC1CCCC1(N)C(=O)O. The van der Waals surface area contributed by atoms with Crippen LogP contribution in [0.15, 0.2) is 0 Å². The predicted molar refractivity (Wildman–Crippen MR) is 51.4 cm³/mol. The summed E-state index contributed by atoms with van der Waals surface area (Å²) in [7, 11) is 0. The van der Waals surface area contributed by atoms with Crippen LogP contribution in [0, 0.1) is 11.8 Å². The van der Waals surface area contributed by atoms with Crippen LogP contribution in [-0.4, -0.2) is 16.6 Å². The molecule has 0 heterocycles. The number of carboxylic acid groups (broad SMARTS) is 1. The van der Waals surface area contributed by atoms with E-state index in [-0.39, 0.29) is 5.92 Å². The van der Waals surface area contributed by atoms with Gasteiger partial charge in [0, 0.05) is 0 Å². The summed E-state index contributed by atoms with van der Waals surface area (Å²) >= 11 is 0. The molecule has 1 rings (SSSR count). The highest BCUT2D eigenvalue weighted by molar-refractivity contribution is 5.79. The number of carbonyl (C=O) groups is 1. The standard InChI is InChI=1S/C10H19NO2/c1-7(2)6-8-4-3-5-10(8,11)9(12)13/h7-8H,3-6,11H2,1-2H3,(H,12,13). The summed E-state index contributed by atoms with van der Waals surface area (Å²) in [5.41, 5.74) is 4.95. The smallest absolute Gasteiger partial charge is 0.323 e. The average molecular weight is 185 g/mol. The van der Waals surface area contributed by atoms with E-state index >= 15 is 0 Å². The Morgan fingerprint density at radius 1 is 1.69 bits per heavy atom. The molecule has 1 aliphatic carbocycles. The number of rotatable bonds is 3. The molecular weight excluding hydrogens is 166 g/mol. The van der Waals surface area contributed by atoms with Crippen LogP contribution in [-0.2, 0) is 4.79 Å². The summed E-state index contributed by atoms with van der Waals surface area (Å²) in [5.74, 6) is -0.119. The molecule has 0 spiro atoms. The van der Waals surface area contributed by atoms with Crippen LogP contribution in [0.2, 0.25) is 0 Å². The molecule has 3 nitrogen and oxygen atoms in total. The number of carboxylic acids is 1. The van der Waals surface area contributed by atoms with Gasteiger partial charge in [-0.05, 0) is 31.1 Å². The zero-order valence-electron chi connectivity index (χ0n) is 8.42. The van der Waals surface area contributed by atoms with E-state index in [0.717, 1.165) is 19.3 Å². The first-order valence-electron chi connectivity index (χ1n) is 4.99. The fraction of sp³-hybridized carbons (Fsp3) is 0.900. The molecule has 1 aliphatic rings. The molecule has 13 heavy (non-hydrogen) atoms. The molecule has 3 heteroatoms. The topological polar surface area (TPSA) is 63.3 Å². The third kappa shape index (κ3) is 2.02. The quantitative estimate of drug-likeness (QED) is 0.702. The van der Waals surface area contributed by atoms with Crippen LogP contribution < -0.4 is 5.73 Å². The molecule has 0 aromatic rings. The molecule has 3 N–H and O–H groups in total. The van der Waals surface area contributed by atoms with Crippen LogP contribution in [0.1, 0.15) is 39.5 Å². The van der Waals surface area contributed by atoms with Crippen LogP contribution >= 0.6 is 0 Å². The van der Waals surface area contributed by atoms with Gasteiger partial charge in [0.05, 0.1) is 0 Å². The second-order valence-corrected chi connectivity index (χ2v) is 4.56. The first-order chi connectivity index (χ1) is 5.97.